The molecule has 2 aromatic carbocycles. The Labute approximate surface area is 204 Å². The Morgan fingerprint density at radius 2 is 1.76 bits per heavy atom. The van der Waals surface area contributed by atoms with Gasteiger partial charge in [-0.25, -0.2) is 0 Å². The van der Waals surface area contributed by atoms with E-state index < -0.39 is 18.1 Å². The molecule has 0 saturated carbocycles. The number of carboxylic acid groups (broad SMARTS) is 1. The number of amidine groups is 1. The average Bonchev–Trinajstić information content (AvgIpc) is 3.30. The van der Waals surface area contributed by atoms with Crippen molar-refractivity contribution in [3.05, 3.63) is 71.3 Å². The van der Waals surface area contributed by atoms with Crippen molar-refractivity contribution in [3.63, 3.8) is 0 Å². The van der Waals surface area contributed by atoms with Crippen molar-refractivity contribution >= 4 is 36.0 Å². The second-order valence-corrected chi connectivity index (χ2v) is 8.04. The molecule has 10 heteroatoms. The van der Waals surface area contributed by atoms with Gasteiger partial charge in [0.2, 0.25) is 11.8 Å². The number of halogens is 1. The van der Waals surface area contributed by atoms with Crippen LogP contribution in [0.15, 0.2) is 54.6 Å². The largest absolute Gasteiger partial charge is 0.480 e. The fourth-order valence-corrected chi connectivity index (χ4v) is 3.92. The minimum absolute atomic E-state index is 0. The van der Waals surface area contributed by atoms with Gasteiger partial charge in [0.15, 0.2) is 0 Å². The van der Waals surface area contributed by atoms with Gasteiger partial charge in [-0.1, -0.05) is 54.6 Å². The molecule has 2 amide bonds. The zero-order valence-corrected chi connectivity index (χ0v) is 19.5. The first kappa shape index (κ1) is 26.8. The quantitative estimate of drug-likeness (QED) is 0.252. The number of amides is 2. The normalized spacial score (nSPS) is 15.8. The third-order valence-corrected chi connectivity index (χ3v) is 5.65. The van der Waals surface area contributed by atoms with E-state index in [4.69, 9.17) is 16.2 Å². The molecule has 3 rings (SSSR count). The number of carbonyl (C=O) groups excluding carboxylic acids is 2. The average molecular weight is 488 g/mol. The van der Waals surface area contributed by atoms with Crippen molar-refractivity contribution < 1.29 is 19.5 Å². The molecular weight excluding hydrogens is 458 g/mol. The lowest BCUT2D eigenvalue weighted by atomic mass is 10.0. The number of nitrogens with two attached hydrogens (primary N) is 1. The Kier molecular flexibility index (Phi) is 10.0. The minimum Gasteiger partial charge on any atom is -0.480 e. The summed E-state index contributed by atoms with van der Waals surface area (Å²) in [6, 6.07) is 15.1. The topological polar surface area (TPSA) is 149 Å². The van der Waals surface area contributed by atoms with Crippen LogP contribution in [0.25, 0.3) is 0 Å². The van der Waals surface area contributed by atoms with E-state index in [-0.39, 0.29) is 36.6 Å². The molecule has 2 atom stereocenters. The number of rotatable bonds is 10. The SMILES string of the molecule is Cl.N=C(N)c1ccc(CNC(=O)[C@@H]2CCCN2C(=O)[C@@H](Cc2ccccc2)NCC(=O)O)cc1. The lowest BCUT2D eigenvalue weighted by molar-refractivity contribution is -0.141. The summed E-state index contributed by atoms with van der Waals surface area (Å²) in [6.45, 7) is 0.398. The smallest absolute Gasteiger partial charge is 0.317 e. The minimum atomic E-state index is -1.05. The lowest BCUT2D eigenvalue weighted by Gasteiger charge is -2.28. The van der Waals surface area contributed by atoms with E-state index in [1.807, 2.05) is 30.3 Å². The van der Waals surface area contributed by atoms with Gasteiger partial charge in [0.1, 0.15) is 11.9 Å². The van der Waals surface area contributed by atoms with Crippen LogP contribution in [0.5, 0.6) is 0 Å². The van der Waals surface area contributed by atoms with Crippen LogP contribution in [-0.2, 0) is 27.3 Å². The van der Waals surface area contributed by atoms with E-state index in [1.54, 1.807) is 29.2 Å². The number of carbonyl (C=O) groups is 3. The third-order valence-electron chi connectivity index (χ3n) is 5.65. The number of carboxylic acids is 1. The van der Waals surface area contributed by atoms with Gasteiger partial charge in [0, 0.05) is 18.7 Å². The molecule has 6 N–H and O–H groups in total. The number of likely N-dealkylation sites (tertiary alicyclic amines) is 1. The number of benzene rings is 2. The van der Waals surface area contributed by atoms with Crippen LogP contribution >= 0.6 is 12.4 Å². The molecule has 1 aliphatic heterocycles. The van der Waals surface area contributed by atoms with Crippen molar-refractivity contribution in [2.75, 3.05) is 13.1 Å². The molecule has 0 unspecified atom stereocenters. The number of nitrogens with one attached hydrogen (secondary N) is 3. The summed E-state index contributed by atoms with van der Waals surface area (Å²) in [5, 5.41) is 22.2. The Morgan fingerprint density at radius 1 is 1.09 bits per heavy atom. The van der Waals surface area contributed by atoms with Crippen LogP contribution in [0.4, 0.5) is 0 Å². The van der Waals surface area contributed by atoms with E-state index in [2.05, 4.69) is 10.6 Å². The first-order valence-electron chi connectivity index (χ1n) is 10.9. The molecule has 182 valence electrons. The fraction of sp³-hybridized carbons (Fsp3) is 0.333. The summed E-state index contributed by atoms with van der Waals surface area (Å²) in [5.41, 5.74) is 7.83. The maximum Gasteiger partial charge on any atom is 0.317 e. The van der Waals surface area contributed by atoms with E-state index in [0.29, 0.717) is 37.9 Å². The zero-order valence-electron chi connectivity index (χ0n) is 18.7. The van der Waals surface area contributed by atoms with Crippen molar-refractivity contribution in [1.82, 2.24) is 15.5 Å². The van der Waals surface area contributed by atoms with Gasteiger partial charge in [-0.3, -0.25) is 25.1 Å². The highest BCUT2D eigenvalue weighted by atomic mass is 35.5. The maximum atomic E-state index is 13.3. The van der Waals surface area contributed by atoms with Gasteiger partial charge < -0.3 is 21.1 Å². The van der Waals surface area contributed by atoms with Crippen molar-refractivity contribution in [1.29, 1.82) is 5.41 Å². The van der Waals surface area contributed by atoms with Crippen molar-refractivity contribution in [2.45, 2.75) is 37.9 Å². The summed E-state index contributed by atoms with van der Waals surface area (Å²) in [4.78, 5) is 38.8. The summed E-state index contributed by atoms with van der Waals surface area (Å²) >= 11 is 0. The van der Waals surface area contributed by atoms with Crippen LogP contribution in [0, 0.1) is 5.41 Å². The predicted octanol–water partition coefficient (Wildman–Crippen LogP) is 1.29. The molecule has 2 aromatic rings. The van der Waals surface area contributed by atoms with Gasteiger partial charge in [-0.2, -0.15) is 0 Å². The number of hydrogen-bond donors (Lipinski definition) is 5. The summed E-state index contributed by atoms with van der Waals surface area (Å²) < 4.78 is 0. The molecule has 1 fully saturated rings. The molecule has 0 radical (unpaired) electrons. The molecule has 34 heavy (non-hydrogen) atoms. The van der Waals surface area contributed by atoms with Crippen LogP contribution in [0.2, 0.25) is 0 Å². The number of nitrogen functional groups attached to an aromatic ring is 1. The molecule has 1 heterocycles. The molecule has 0 spiro atoms. The summed E-state index contributed by atoms with van der Waals surface area (Å²) in [6.07, 6.45) is 1.59. The molecule has 1 aliphatic rings. The highest BCUT2D eigenvalue weighted by Crippen LogP contribution is 2.20. The van der Waals surface area contributed by atoms with E-state index in [1.165, 1.54) is 0 Å². The van der Waals surface area contributed by atoms with Gasteiger partial charge >= 0.3 is 5.97 Å². The van der Waals surface area contributed by atoms with Gasteiger partial charge in [-0.15, -0.1) is 12.4 Å². The Bertz CT molecular complexity index is 1000. The zero-order chi connectivity index (χ0) is 23.8. The van der Waals surface area contributed by atoms with E-state index in [0.717, 1.165) is 11.1 Å². The molecule has 1 saturated heterocycles. The van der Waals surface area contributed by atoms with Gasteiger partial charge in [0.05, 0.1) is 12.6 Å². The molecule has 0 aromatic heterocycles. The van der Waals surface area contributed by atoms with Crippen LogP contribution in [0.1, 0.15) is 29.5 Å². The molecule has 0 bridgehead atoms. The molecule has 9 nitrogen and oxygen atoms in total. The first-order chi connectivity index (χ1) is 15.8. The lowest BCUT2D eigenvalue weighted by Crippen LogP contribution is -2.53. The fourth-order valence-electron chi connectivity index (χ4n) is 3.92. The molecule has 0 aliphatic carbocycles. The van der Waals surface area contributed by atoms with Crippen LogP contribution in [-0.4, -0.2) is 58.8 Å². The number of nitrogens with zero attached hydrogens (tertiary/aromatic N) is 1. The van der Waals surface area contributed by atoms with Crippen LogP contribution in [0.3, 0.4) is 0 Å². The first-order valence-corrected chi connectivity index (χ1v) is 10.9. The highest BCUT2D eigenvalue weighted by Gasteiger charge is 2.37. The van der Waals surface area contributed by atoms with Gasteiger partial charge in [0.25, 0.3) is 0 Å². The second kappa shape index (κ2) is 12.7. The highest BCUT2D eigenvalue weighted by molar-refractivity contribution is 5.95. The monoisotopic (exact) mass is 487 g/mol. The Balaban J connectivity index is 0.00000408. The van der Waals surface area contributed by atoms with Crippen LogP contribution < -0.4 is 16.4 Å². The van der Waals surface area contributed by atoms with Gasteiger partial charge in [-0.05, 0) is 30.4 Å². The maximum absolute atomic E-state index is 13.3. The summed E-state index contributed by atoms with van der Waals surface area (Å²) in [7, 11) is 0. The Hall–Kier alpha value is -3.43. The number of hydrogen-bond acceptors (Lipinski definition) is 5. The van der Waals surface area contributed by atoms with Crippen molar-refractivity contribution in [3.8, 4) is 0 Å². The number of aliphatic carboxylic acids is 1. The standard InChI is InChI=1S/C24H29N5O4.ClH/c25-22(26)18-10-8-17(9-11-18)14-28-23(32)20-7-4-12-29(20)24(33)19(27-15-21(30)31)13-16-5-2-1-3-6-16;/h1-3,5-6,8-11,19-20,27H,4,7,12-15H2,(H3,25,26)(H,28,32)(H,30,31);1H/t19-,20+;/m1./s1. The van der Waals surface area contributed by atoms with Crippen molar-refractivity contribution in [2.24, 2.45) is 5.73 Å². The second-order valence-electron chi connectivity index (χ2n) is 8.04. The van der Waals surface area contributed by atoms with E-state index in [9.17, 15) is 14.4 Å². The predicted molar refractivity (Wildman–Crippen MR) is 131 cm³/mol. The third kappa shape index (κ3) is 7.29. The Morgan fingerprint density at radius 3 is 2.38 bits per heavy atom. The van der Waals surface area contributed by atoms with E-state index >= 15 is 0 Å². The molecular formula is C24H30ClN5O4. The summed E-state index contributed by atoms with van der Waals surface area (Å²) in [5.74, 6) is -1.59.